The topological polar surface area (TPSA) is 86.8 Å². The quantitative estimate of drug-likeness (QED) is 0.292. The number of rotatable bonds is 7. The van der Waals surface area contributed by atoms with E-state index in [4.69, 9.17) is 14.2 Å². The lowest BCUT2D eigenvalue weighted by Crippen LogP contribution is -2.28. The number of hydrogen-bond acceptors (Lipinski definition) is 6. The maximum Gasteiger partial charge on any atom is 0.410 e. The van der Waals surface area contributed by atoms with Gasteiger partial charge in [-0.1, -0.05) is 30.3 Å². The summed E-state index contributed by atoms with van der Waals surface area (Å²) in [5.74, 6) is -0.0870. The van der Waals surface area contributed by atoms with Gasteiger partial charge in [0.25, 0.3) is 0 Å². The Kier molecular flexibility index (Phi) is 6.32. The number of hydrogen-bond donors (Lipinski definition) is 0. The van der Waals surface area contributed by atoms with Gasteiger partial charge < -0.3 is 18.8 Å². The molecule has 1 aliphatic rings. The van der Waals surface area contributed by atoms with Crippen LogP contribution in [0.2, 0.25) is 0 Å². The normalized spacial score (nSPS) is 15.2. The van der Waals surface area contributed by atoms with Gasteiger partial charge in [-0.25, -0.2) is 9.59 Å². The zero-order valence-corrected chi connectivity index (χ0v) is 19.7. The zero-order chi connectivity index (χ0) is 24.5. The molecule has 0 radical (unpaired) electrons. The SMILES string of the molecule is COC(=O)c1cc(OCc2ccccc2)c2c(C=O)cn(C[C@H]3CN3C(=O)OC(C)(C)C)c2c1. The van der Waals surface area contributed by atoms with E-state index in [1.54, 1.807) is 23.2 Å². The van der Waals surface area contributed by atoms with Crippen molar-refractivity contribution in [1.82, 2.24) is 9.47 Å². The molecule has 1 saturated heterocycles. The summed E-state index contributed by atoms with van der Waals surface area (Å²) in [6, 6.07) is 12.8. The summed E-state index contributed by atoms with van der Waals surface area (Å²) in [5.41, 5.74) is 1.80. The molecule has 2 aromatic carbocycles. The predicted octanol–water partition coefficient (Wildman–Crippen LogP) is 4.44. The molecule has 8 nitrogen and oxygen atoms in total. The lowest BCUT2D eigenvalue weighted by atomic mass is 10.1. The summed E-state index contributed by atoms with van der Waals surface area (Å²) in [5, 5.41) is 0.614. The number of nitrogens with zero attached hydrogens (tertiary/aromatic N) is 2. The van der Waals surface area contributed by atoms with Gasteiger partial charge in [-0.2, -0.15) is 0 Å². The second kappa shape index (κ2) is 9.21. The summed E-state index contributed by atoms with van der Waals surface area (Å²) in [7, 11) is 1.32. The number of methoxy groups -OCH3 is 1. The van der Waals surface area contributed by atoms with E-state index in [1.165, 1.54) is 7.11 Å². The summed E-state index contributed by atoms with van der Waals surface area (Å²) in [6.07, 6.45) is 2.12. The van der Waals surface area contributed by atoms with Gasteiger partial charge in [0.2, 0.25) is 0 Å². The summed E-state index contributed by atoms with van der Waals surface area (Å²) in [6.45, 7) is 6.75. The number of amides is 1. The van der Waals surface area contributed by atoms with E-state index in [0.717, 1.165) is 11.8 Å². The van der Waals surface area contributed by atoms with Crippen LogP contribution in [0, 0.1) is 0 Å². The Balaban J connectivity index is 1.66. The molecule has 178 valence electrons. The fourth-order valence-corrected chi connectivity index (χ4v) is 3.85. The molecule has 0 aliphatic carbocycles. The first-order valence-corrected chi connectivity index (χ1v) is 11.1. The van der Waals surface area contributed by atoms with Crippen LogP contribution in [0.1, 0.15) is 47.1 Å². The number of esters is 1. The molecule has 2 heterocycles. The number of aromatic nitrogens is 1. The molecule has 0 saturated carbocycles. The molecule has 34 heavy (non-hydrogen) atoms. The Labute approximate surface area is 198 Å². The van der Waals surface area contributed by atoms with Crippen molar-refractivity contribution in [2.75, 3.05) is 13.7 Å². The van der Waals surface area contributed by atoms with Crippen molar-refractivity contribution < 1.29 is 28.6 Å². The number of benzene rings is 2. The van der Waals surface area contributed by atoms with Crippen LogP contribution in [0.15, 0.2) is 48.7 Å². The third kappa shape index (κ3) is 5.06. The van der Waals surface area contributed by atoms with Crippen molar-refractivity contribution in [1.29, 1.82) is 0 Å². The largest absolute Gasteiger partial charge is 0.488 e. The molecule has 4 rings (SSSR count). The lowest BCUT2D eigenvalue weighted by molar-refractivity contribution is 0.0404. The Morgan fingerprint density at radius 1 is 1.15 bits per heavy atom. The van der Waals surface area contributed by atoms with Crippen LogP contribution in [0.4, 0.5) is 4.79 Å². The molecule has 8 heteroatoms. The molecule has 0 bridgehead atoms. The Bertz CT molecular complexity index is 1230. The van der Waals surface area contributed by atoms with Gasteiger partial charge in [0.05, 0.1) is 29.6 Å². The van der Waals surface area contributed by atoms with Crippen molar-refractivity contribution in [2.45, 2.75) is 45.6 Å². The van der Waals surface area contributed by atoms with Crippen LogP contribution in [0.3, 0.4) is 0 Å². The fraction of sp³-hybridized carbons (Fsp3) is 0.346. The number of ether oxygens (including phenoxy) is 3. The first-order valence-electron chi connectivity index (χ1n) is 11.1. The monoisotopic (exact) mass is 464 g/mol. The Hall–Kier alpha value is -3.81. The van der Waals surface area contributed by atoms with Crippen LogP contribution in [-0.2, 0) is 22.6 Å². The first-order chi connectivity index (χ1) is 16.2. The standard InChI is InChI=1S/C26H28N2O6/c1-26(2,3)34-25(31)28-14-20(28)13-27-12-19(15-29)23-21(27)10-18(24(30)32-4)11-22(23)33-16-17-8-6-5-7-9-17/h5-12,15,20H,13-14,16H2,1-4H3/t20-,28?/m0/s1. The van der Waals surface area contributed by atoms with Crippen molar-refractivity contribution >= 4 is 29.3 Å². The highest BCUT2D eigenvalue weighted by molar-refractivity contribution is 6.04. The number of carbonyl (C=O) groups excluding carboxylic acids is 3. The molecule has 1 atom stereocenters. The predicted molar refractivity (Wildman–Crippen MR) is 126 cm³/mol. The molecule has 1 fully saturated rings. The maximum absolute atomic E-state index is 12.4. The van der Waals surface area contributed by atoms with E-state index in [2.05, 4.69) is 0 Å². The third-order valence-corrected chi connectivity index (χ3v) is 5.51. The van der Waals surface area contributed by atoms with E-state index >= 15 is 0 Å². The average Bonchev–Trinajstić information content (AvgIpc) is 3.49. The number of carbonyl (C=O) groups is 3. The van der Waals surface area contributed by atoms with Gasteiger partial charge in [0.15, 0.2) is 6.29 Å². The van der Waals surface area contributed by atoms with Crippen LogP contribution in [0.5, 0.6) is 5.75 Å². The highest BCUT2D eigenvalue weighted by Crippen LogP contribution is 2.34. The van der Waals surface area contributed by atoms with Gasteiger partial charge in [0.1, 0.15) is 18.0 Å². The minimum atomic E-state index is -0.574. The van der Waals surface area contributed by atoms with Gasteiger partial charge in [-0.15, -0.1) is 0 Å². The van der Waals surface area contributed by atoms with Crippen LogP contribution in [0.25, 0.3) is 10.9 Å². The number of aldehydes is 1. The van der Waals surface area contributed by atoms with E-state index in [0.29, 0.717) is 40.9 Å². The molecule has 0 unspecified atom stereocenters. The number of fused-ring (bicyclic) bond motifs is 1. The van der Waals surface area contributed by atoms with E-state index in [9.17, 15) is 14.4 Å². The fourth-order valence-electron chi connectivity index (χ4n) is 3.85. The molecule has 1 aliphatic heterocycles. The molecule has 1 amide bonds. The first kappa shape index (κ1) is 23.4. The van der Waals surface area contributed by atoms with Crippen molar-refractivity contribution in [3.8, 4) is 5.75 Å². The third-order valence-electron chi connectivity index (χ3n) is 5.51. The molecule has 0 spiro atoms. The average molecular weight is 465 g/mol. The minimum Gasteiger partial charge on any atom is -0.488 e. The Morgan fingerprint density at radius 2 is 1.88 bits per heavy atom. The van der Waals surface area contributed by atoms with Crippen molar-refractivity contribution in [3.63, 3.8) is 0 Å². The van der Waals surface area contributed by atoms with Gasteiger partial charge >= 0.3 is 12.1 Å². The van der Waals surface area contributed by atoms with Crippen LogP contribution in [-0.4, -0.2) is 53.1 Å². The second-order valence-electron chi connectivity index (χ2n) is 9.28. The highest BCUT2D eigenvalue weighted by Gasteiger charge is 2.41. The summed E-state index contributed by atoms with van der Waals surface area (Å²) in [4.78, 5) is 38.3. The molecule has 3 aromatic rings. The van der Waals surface area contributed by atoms with Crippen molar-refractivity contribution in [3.05, 3.63) is 65.4 Å². The van der Waals surface area contributed by atoms with Crippen LogP contribution >= 0.6 is 0 Å². The molecular formula is C26H28N2O6. The summed E-state index contributed by atoms with van der Waals surface area (Å²) >= 11 is 0. The smallest absolute Gasteiger partial charge is 0.410 e. The van der Waals surface area contributed by atoms with Gasteiger partial charge in [-0.3, -0.25) is 9.69 Å². The maximum atomic E-state index is 12.4. The molecule has 1 aromatic heterocycles. The summed E-state index contributed by atoms with van der Waals surface area (Å²) < 4.78 is 18.3. The molecular weight excluding hydrogens is 436 g/mol. The van der Waals surface area contributed by atoms with E-state index in [1.807, 2.05) is 55.7 Å². The lowest BCUT2D eigenvalue weighted by Gasteiger charge is -2.20. The van der Waals surface area contributed by atoms with Gasteiger partial charge in [0, 0.05) is 24.8 Å². The Morgan fingerprint density at radius 3 is 2.53 bits per heavy atom. The highest BCUT2D eigenvalue weighted by atomic mass is 16.6. The van der Waals surface area contributed by atoms with Gasteiger partial charge in [-0.05, 0) is 38.5 Å². The van der Waals surface area contributed by atoms with E-state index in [-0.39, 0.29) is 18.7 Å². The van der Waals surface area contributed by atoms with Crippen molar-refractivity contribution in [2.24, 2.45) is 0 Å². The minimum absolute atomic E-state index is 0.0691. The second-order valence-corrected chi connectivity index (χ2v) is 9.28. The molecule has 0 N–H and O–H groups in total. The zero-order valence-electron chi connectivity index (χ0n) is 19.7. The van der Waals surface area contributed by atoms with E-state index < -0.39 is 11.6 Å². The van der Waals surface area contributed by atoms with Crippen LogP contribution < -0.4 is 4.74 Å².